The summed E-state index contributed by atoms with van der Waals surface area (Å²) in [5.41, 5.74) is 10.5. The number of hydrogen-bond donors (Lipinski definition) is 2. The van der Waals surface area contributed by atoms with Crippen molar-refractivity contribution in [3.05, 3.63) is 0 Å². The van der Waals surface area contributed by atoms with Crippen molar-refractivity contribution < 1.29 is 4.74 Å². The summed E-state index contributed by atoms with van der Waals surface area (Å²) in [6, 6.07) is 0. The van der Waals surface area contributed by atoms with Gasteiger partial charge in [0.15, 0.2) is 5.96 Å². The molecule has 0 unspecified atom stereocenters. The first-order chi connectivity index (χ1) is 7.29. The molecular weight excluding hydrogens is 190 g/mol. The van der Waals surface area contributed by atoms with Crippen LogP contribution in [0.1, 0.15) is 44.9 Å². The first kappa shape index (κ1) is 12.3. The zero-order chi connectivity index (χ0) is 10.9. The van der Waals surface area contributed by atoms with Crippen LogP contribution in [0.5, 0.6) is 0 Å². The average molecular weight is 213 g/mol. The molecule has 0 atom stereocenters. The van der Waals surface area contributed by atoms with Crippen LogP contribution in [-0.4, -0.2) is 25.2 Å². The highest BCUT2D eigenvalue weighted by Gasteiger charge is 2.11. The number of rotatable bonds is 5. The van der Waals surface area contributed by atoms with Crippen molar-refractivity contribution in [3.63, 3.8) is 0 Å². The second kappa shape index (κ2) is 7.51. The largest absolute Gasteiger partial charge is 0.378 e. The molecule has 0 radical (unpaired) electrons. The van der Waals surface area contributed by atoms with Gasteiger partial charge in [0.25, 0.3) is 0 Å². The van der Waals surface area contributed by atoms with Crippen molar-refractivity contribution in [1.29, 1.82) is 0 Å². The molecule has 4 nitrogen and oxygen atoms in total. The second-order valence-corrected chi connectivity index (χ2v) is 4.14. The summed E-state index contributed by atoms with van der Waals surface area (Å²) in [5, 5.41) is 0. The van der Waals surface area contributed by atoms with Crippen LogP contribution < -0.4 is 11.5 Å². The third-order valence-corrected chi connectivity index (χ3v) is 2.75. The normalized spacial score (nSPS) is 18.4. The van der Waals surface area contributed by atoms with Gasteiger partial charge in [-0.2, -0.15) is 0 Å². The Kier molecular flexibility index (Phi) is 6.16. The van der Waals surface area contributed by atoms with Crippen molar-refractivity contribution in [2.75, 3.05) is 13.2 Å². The first-order valence-electron chi connectivity index (χ1n) is 5.96. The van der Waals surface area contributed by atoms with E-state index in [1.807, 2.05) is 0 Å². The molecule has 1 rings (SSSR count). The van der Waals surface area contributed by atoms with Crippen molar-refractivity contribution in [2.45, 2.75) is 51.0 Å². The van der Waals surface area contributed by atoms with Crippen molar-refractivity contribution in [2.24, 2.45) is 16.5 Å². The zero-order valence-corrected chi connectivity index (χ0v) is 9.45. The fourth-order valence-electron chi connectivity index (χ4n) is 1.93. The predicted octanol–water partition coefficient (Wildman–Crippen LogP) is 1.39. The Balaban J connectivity index is 2.01. The van der Waals surface area contributed by atoms with Crippen molar-refractivity contribution >= 4 is 5.96 Å². The fraction of sp³-hybridized carbons (Fsp3) is 0.909. The van der Waals surface area contributed by atoms with Crippen LogP contribution in [0.3, 0.4) is 0 Å². The van der Waals surface area contributed by atoms with E-state index < -0.39 is 0 Å². The molecule has 1 aliphatic rings. The monoisotopic (exact) mass is 213 g/mol. The Morgan fingerprint density at radius 3 is 2.40 bits per heavy atom. The molecule has 15 heavy (non-hydrogen) atoms. The number of guanidine groups is 1. The van der Waals surface area contributed by atoms with E-state index in [1.165, 1.54) is 38.5 Å². The van der Waals surface area contributed by atoms with Gasteiger partial charge in [-0.25, -0.2) is 0 Å². The van der Waals surface area contributed by atoms with Gasteiger partial charge < -0.3 is 16.2 Å². The standard InChI is InChI=1S/C11H23N3O/c12-11(13)14-8-5-9-15-10-6-3-1-2-4-7-10/h10H,1-9H2,(H4,12,13,14). The minimum absolute atomic E-state index is 0.171. The fourth-order valence-corrected chi connectivity index (χ4v) is 1.93. The van der Waals surface area contributed by atoms with Gasteiger partial charge in [0.2, 0.25) is 0 Å². The third-order valence-electron chi connectivity index (χ3n) is 2.75. The van der Waals surface area contributed by atoms with Crippen LogP contribution in [0.15, 0.2) is 4.99 Å². The molecule has 0 aromatic heterocycles. The summed E-state index contributed by atoms with van der Waals surface area (Å²) in [6.45, 7) is 1.45. The topological polar surface area (TPSA) is 73.6 Å². The Morgan fingerprint density at radius 1 is 1.13 bits per heavy atom. The van der Waals surface area contributed by atoms with Gasteiger partial charge >= 0.3 is 0 Å². The molecule has 0 saturated heterocycles. The highest BCUT2D eigenvalue weighted by molar-refractivity contribution is 5.75. The number of aliphatic imine (C=N–C) groups is 1. The molecule has 1 saturated carbocycles. The molecule has 88 valence electrons. The highest BCUT2D eigenvalue weighted by Crippen LogP contribution is 2.19. The van der Waals surface area contributed by atoms with E-state index in [-0.39, 0.29) is 5.96 Å². The Labute approximate surface area is 92.1 Å². The zero-order valence-electron chi connectivity index (χ0n) is 9.45. The van der Waals surface area contributed by atoms with Gasteiger partial charge in [0, 0.05) is 13.2 Å². The summed E-state index contributed by atoms with van der Waals surface area (Å²) < 4.78 is 5.79. The van der Waals surface area contributed by atoms with Crippen molar-refractivity contribution in [1.82, 2.24) is 0 Å². The van der Waals surface area contributed by atoms with Gasteiger partial charge in [-0.1, -0.05) is 25.7 Å². The van der Waals surface area contributed by atoms with Gasteiger partial charge in [-0.15, -0.1) is 0 Å². The maximum absolute atomic E-state index is 5.79. The highest BCUT2D eigenvalue weighted by atomic mass is 16.5. The lowest BCUT2D eigenvalue weighted by atomic mass is 10.1. The summed E-state index contributed by atoms with van der Waals surface area (Å²) >= 11 is 0. The maximum Gasteiger partial charge on any atom is 0.185 e. The van der Waals surface area contributed by atoms with Crippen LogP contribution in [0.25, 0.3) is 0 Å². The predicted molar refractivity (Wildman–Crippen MR) is 62.7 cm³/mol. The van der Waals surface area contributed by atoms with Crippen LogP contribution in [0.4, 0.5) is 0 Å². The lowest BCUT2D eigenvalue weighted by Gasteiger charge is -2.14. The van der Waals surface area contributed by atoms with E-state index in [0.29, 0.717) is 12.6 Å². The van der Waals surface area contributed by atoms with E-state index >= 15 is 0 Å². The number of nitrogens with two attached hydrogens (primary N) is 2. The number of hydrogen-bond acceptors (Lipinski definition) is 2. The Bertz CT molecular complexity index is 182. The third kappa shape index (κ3) is 6.33. The molecule has 0 aliphatic heterocycles. The Hall–Kier alpha value is -0.770. The van der Waals surface area contributed by atoms with E-state index in [4.69, 9.17) is 16.2 Å². The quantitative estimate of drug-likeness (QED) is 0.314. The van der Waals surface area contributed by atoms with Crippen LogP contribution in [0, 0.1) is 0 Å². The second-order valence-electron chi connectivity index (χ2n) is 4.14. The molecule has 4 N–H and O–H groups in total. The summed E-state index contributed by atoms with van der Waals surface area (Å²) in [5.74, 6) is 0.171. The van der Waals surface area contributed by atoms with Crippen molar-refractivity contribution in [3.8, 4) is 0 Å². The molecule has 1 aliphatic carbocycles. The maximum atomic E-state index is 5.79. The molecule has 0 heterocycles. The van der Waals surface area contributed by atoms with Crippen LogP contribution in [0.2, 0.25) is 0 Å². The molecule has 0 spiro atoms. The smallest absolute Gasteiger partial charge is 0.185 e. The molecule has 0 amide bonds. The first-order valence-corrected chi connectivity index (χ1v) is 5.96. The number of nitrogens with zero attached hydrogens (tertiary/aromatic N) is 1. The number of ether oxygens (including phenoxy) is 1. The molecule has 4 heteroatoms. The summed E-state index contributed by atoms with van der Waals surface area (Å²) in [7, 11) is 0. The van der Waals surface area contributed by atoms with E-state index in [2.05, 4.69) is 4.99 Å². The summed E-state index contributed by atoms with van der Waals surface area (Å²) in [4.78, 5) is 3.92. The molecular formula is C11H23N3O. The van der Waals surface area contributed by atoms with Gasteiger partial charge in [0.1, 0.15) is 0 Å². The minimum atomic E-state index is 0.171. The molecule has 1 fully saturated rings. The minimum Gasteiger partial charge on any atom is -0.378 e. The van der Waals surface area contributed by atoms with Crippen LogP contribution in [-0.2, 0) is 4.74 Å². The summed E-state index contributed by atoms with van der Waals surface area (Å²) in [6.07, 6.45) is 9.21. The lowest BCUT2D eigenvalue weighted by molar-refractivity contribution is 0.0428. The molecule has 0 aromatic carbocycles. The average Bonchev–Trinajstić information content (AvgIpc) is 2.45. The molecule has 0 aromatic rings. The lowest BCUT2D eigenvalue weighted by Crippen LogP contribution is -2.23. The van der Waals surface area contributed by atoms with E-state index in [9.17, 15) is 0 Å². The van der Waals surface area contributed by atoms with E-state index in [1.54, 1.807) is 0 Å². The van der Waals surface area contributed by atoms with E-state index in [0.717, 1.165) is 13.0 Å². The van der Waals surface area contributed by atoms with Crippen LogP contribution >= 0.6 is 0 Å². The Morgan fingerprint density at radius 2 is 1.80 bits per heavy atom. The van der Waals surface area contributed by atoms with Gasteiger partial charge in [-0.05, 0) is 19.3 Å². The van der Waals surface area contributed by atoms with Gasteiger partial charge in [0.05, 0.1) is 6.10 Å². The van der Waals surface area contributed by atoms with Gasteiger partial charge in [-0.3, -0.25) is 4.99 Å². The molecule has 0 bridgehead atoms. The SMILES string of the molecule is NC(N)=NCCCOC1CCCCCC1.